The van der Waals surface area contributed by atoms with Crippen LogP contribution >= 0.6 is 0 Å². The van der Waals surface area contributed by atoms with Crippen LogP contribution in [0.25, 0.3) is 0 Å². The van der Waals surface area contributed by atoms with E-state index in [2.05, 4.69) is 4.74 Å². The molecule has 1 atom stereocenters. The van der Waals surface area contributed by atoms with E-state index in [1.807, 2.05) is 0 Å². The number of rotatable bonds is 2. The summed E-state index contributed by atoms with van der Waals surface area (Å²) in [4.78, 5) is 11.5. The number of aliphatic hydroxyl groups is 1. The average Bonchev–Trinajstić information content (AvgIpc) is 2.17. The number of esters is 1. The Labute approximate surface area is 84.2 Å². The van der Waals surface area contributed by atoms with Crippen molar-refractivity contribution in [2.75, 3.05) is 20.3 Å². The summed E-state index contributed by atoms with van der Waals surface area (Å²) in [6, 6.07) is 0. The summed E-state index contributed by atoms with van der Waals surface area (Å²) in [5, 5.41) is 10.3. The lowest BCUT2D eigenvalue weighted by molar-refractivity contribution is -0.186. The molecule has 0 bridgehead atoms. The summed E-state index contributed by atoms with van der Waals surface area (Å²) in [6.07, 6.45) is 1.35. The van der Waals surface area contributed by atoms with Gasteiger partial charge in [0.25, 0.3) is 0 Å². The minimum Gasteiger partial charge on any atom is -0.469 e. The molecular weight excluding hydrogens is 184 g/mol. The van der Waals surface area contributed by atoms with Gasteiger partial charge in [-0.25, -0.2) is 0 Å². The van der Waals surface area contributed by atoms with Crippen LogP contribution in [-0.2, 0) is 14.3 Å². The highest BCUT2D eigenvalue weighted by atomic mass is 16.5. The van der Waals surface area contributed by atoms with Gasteiger partial charge in [0.15, 0.2) is 0 Å². The fourth-order valence-electron chi connectivity index (χ4n) is 1.72. The molecule has 0 amide bonds. The molecule has 4 nitrogen and oxygen atoms in total. The number of ether oxygens (including phenoxy) is 2. The monoisotopic (exact) mass is 202 g/mol. The van der Waals surface area contributed by atoms with E-state index < -0.39 is 17.0 Å². The summed E-state index contributed by atoms with van der Waals surface area (Å²) < 4.78 is 9.89. The third-order valence-corrected chi connectivity index (χ3v) is 3.08. The van der Waals surface area contributed by atoms with Gasteiger partial charge in [-0.3, -0.25) is 4.79 Å². The van der Waals surface area contributed by atoms with Gasteiger partial charge in [-0.05, 0) is 26.7 Å². The lowest BCUT2D eigenvalue weighted by Gasteiger charge is -2.42. The van der Waals surface area contributed by atoms with E-state index in [1.165, 1.54) is 7.11 Å². The van der Waals surface area contributed by atoms with Crippen LogP contribution in [0.15, 0.2) is 0 Å². The standard InChI is InChI=1S/C10H18O4/c1-9(2,8(11)13-3)10(12)5-4-6-14-7-10/h12H,4-7H2,1-3H3. The predicted molar refractivity (Wildman–Crippen MR) is 50.8 cm³/mol. The Morgan fingerprint density at radius 3 is 2.64 bits per heavy atom. The molecule has 1 N–H and O–H groups in total. The molecule has 0 aromatic carbocycles. The number of carbonyl (C=O) groups excluding carboxylic acids is 1. The highest BCUT2D eigenvalue weighted by molar-refractivity contribution is 5.77. The average molecular weight is 202 g/mol. The Morgan fingerprint density at radius 1 is 1.57 bits per heavy atom. The zero-order valence-corrected chi connectivity index (χ0v) is 9.00. The molecule has 1 aliphatic rings. The smallest absolute Gasteiger partial charge is 0.314 e. The zero-order chi connectivity index (χ0) is 10.8. The van der Waals surface area contributed by atoms with Crippen molar-refractivity contribution >= 4 is 5.97 Å². The SMILES string of the molecule is COC(=O)C(C)(C)C1(O)CCCOC1. The molecule has 14 heavy (non-hydrogen) atoms. The number of methoxy groups -OCH3 is 1. The summed E-state index contributed by atoms with van der Waals surface area (Å²) in [5.74, 6) is -0.398. The summed E-state index contributed by atoms with van der Waals surface area (Å²) in [7, 11) is 1.33. The van der Waals surface area contributed by atoms with Crippen molar-refractivity contribution in [3.8, 4) is 0 Å². The normalized spacial score (nSPS) is 28.6. The van der Waals surface area contributed by atoms with E-state index in [9.17, 15) is 9.90 Å². The maximum atomic E-state index is 11.5. The van der Waals surface area contributed by atoms with Crippen LogP contribution in [0.1, 0.15) is 26.7 Å². The summed E-state index contributed by atoms with van der Waals surface area (Å²) >= 11 is 0. The predicted octanol–water partition coefficient (Wildman–Crippen LogP) is 0.727. The van der Waals surface area contributed by atoms with Crippen molar-refractivity contribution in [2.24, 2.45) is 5.41 Å². The molecule has 0 spiro atoms. The van der Waals surface area contributed by atoms with Crippen molar-refractivity contribution in [2.45, 2.75) is 32.3 Å². The van der Waals surface area contributed by atoms with Gasteiger partial charge in [-0.15, -0.1) is 0 Å². The number of hydrogen-bond acceptors (Lipinski definition) is 4. The molecule has 1 rings (SSSR count). The molecular formula is C10H18O4. The molecule has 82 valence electrons. The van der Waals surface area contributed by atoms with Gasteiger partial charge in [0.2, 0.25) is 0 Å². The van der Waals surface area contributed by atoms with Crippen molar-refractivity contribution < 1.29 is 19.4 Å². The van der Waals surface area contributed by atoms with Crippen LogP contribution in [0.3, 0.4) is 0 Å². The van der Waals surface area contributed by atoms with E-state index in [0.717, 1.165) is 6.42 Å². The largest absolute Gasteiger partial charge is 0.469 e. The maximum absolute atomic E-state index is 11.5. The molecule has 1 saturated heterocycles. The summed E-state index contributed by atoms with van der Waals surface area (Å²) in [5.41, 5.74) is -2.01. The number of carbonyl (C=O) groups is 1. The van der Waals surface area contributed by atoms with Gasteiger partial charge in [-0.2, -0.15) is 0 Å². The highest BCUT2D eigenvalue weighted by Gasteiger charge is 2.50. The number of hydrogen-bond donors (Lipinski definition) is 1. The molecule has 1 fully saturated rings. The third-order valence-electron chi connectivity index (χ3n) is 3.08. The van der Waals surface area contributed by atoms with Gasteiger partial charge >= 0.3 is 5.97 Å². The first-order valence-electron chi connectivity index (χ1n) is 4.82. The molecule has 0 aromatic rings. The Balaban J connectivity index is 2.82. The zero-order valence-electron chi connectivity index (χ0n) is 9.00. The fourth-order valence-corrected chi connectivity index (χ4v) is 1.72. The van der Waals surface area contributed by atoms with E-state index in [-0.39, 0.29) is 6.61 Å². The Morgan fingerprint density at radius 2 is 2.21 bits per heavy atom. The third kappa shape index (κ3) is 1.77. The van der Waals surface area contributed by atoms with Crippen LogP contribution in [0.5, 0.6) is 0 Å². The van der Waals surface area contributed by atoms with Crippen molar-refractivity contribution in [3.05, 3.63) is 0 Å². The van der Waals surface area contributed by atoms with Crippen LogP contribution in [0, 0.1) is 5.41 Å². The van der Waals surface area contributed by atoms with E-state index in [4.69, 9.17) is 4.74 Å². The Hall–Kier alpha value is -0.610. The van der Waals surface area contributed by atoms with Gasteiger partial charge < -0.3 is 14.6 Å². The second-order valence-electron chi connectivity index (χ2n) is 4.30. The van der Waals surface area contributed by atoms with Gasteiger partial charge in [0, 0.05) is 6.61 Å². The Bertz CT molecular complexity index is 216. The molecule has 4 heteroatoms. The highest BCUT2D eigenvalue weighted by Crippen LogP contribution is 2.38. The van der Waals surface area contributed by atoms with Crippen LogP contribution in [0.2, 0.25) is 0 Å². The van der Waals surface area contributed by atoms with Gasteiger partial charge in [0.05, 0.1) is 19.1 Å². The van der Waals surface area contributed by atoms with E-state index in [1.54, 1.807) is 13.8 Å². The first-order valence-corrected chi connectivity index (χ1v) is 4.82. The molecule has 1 unspecified atom stereocenters. The molecule has 0 aliphatic carbocycles. The lowest BCUT2D eigenvalue weighted by Crippen LogP contribution is -2.55. The second-order valence-corrected chi connectivity index (χ2v) is 4.30. The molecule has 0 aromatic heterocycles. The van der Waals surface area contributed by atoms with Gasteiger partial charge in [0.1, 0.15) is 5.60 Å². The lowest BCUT2D eigenvalue weighted by atomic mass is 9.72. The van der Waals surface area contributed by atoms with E-state index in [0.29, 0.717) is 13.0 Å². The maximum Gasteiger partial charge on any atom is 0.314 e. The Kier molecular flexibility index (Phi) is 3.17. The van der Waals surface area contributed by atoms with Crippen molar-refractivity contribution in [3.63, 3.8) is 0 Å². The fraction of sp³-hybridized carbons (Fsp3) is 0.900. The van der Waals surface area contributed by atoms with Crippen molar-refractivity contribution in [1.82, 2.24) is 0 Å². The van der Waals surface area contributed by atoms with Crippen LogP contribution in [-0.4, -0.2) is 37.0 Å². The first-order chi connectivity index (χ1) is 6.44. The molecule has 0 radical (unpaired) electrons. The minimum absolute atomic E-state index is 0.203. The quantitative estimate of drug-likeness (QED) is 0.671. The van der Waals surface area contributed by atoms with Crippen molar-refractivity contribution in [1.29, 1.82) is 0 Å². The first kappa shape index (κ1) is 11.5. The molecule has 1 heterocycles. The molecule has 0 saturated carbocycles. The topological polar surface area (TPSA) is 55.8 Å². The summed E-state index contributed by atoms with van der Waals surface area (Å²) in [6.45, 7) is 4.23. The van der Waals surface area contributed by atoms with Crippen LogP contribution in [0.4, 0.5) is 0 Å². The second kappa shape index (κ2) is 3.87. The van der Waals surface area contributed by atoms with Crippen LogP contribution < -0.4 is 0 Å². The minimum atomic E-state index is -1.10. The molecule has 1 aliphatic heterocycles. The van der Waals surface area contributed by atoms with E-state index >= 15 is 0 Å². The van der Waals surface area contributed by atoms with Gasteiger partial charge in [-0.1, -0.05) is 0 Å².